The van der Waals surface area contributed by atoms with Gasteiger partial charge in [-0.3, -0.25) is 4.79 Å². The molecule has 0 radical (unpaired) electrons. The van der Waals surface area contributed by atoms with Gasteiger partial charge in [-0.1, -0.05) is 13.8 Å². The van der Waals surface area contributed by atoms with Crippen molar-refractivity contribution in [3.05, 3.63) is 0 Å². The topological polar surface area (TPSA) is 113 Å². The van der Waals surface area contributed by atoms with E-state index in [0.29, 0.717) is 0 Å². The first-order chi connectivity index (χ1) is 7.54. The minimum absolute atomic E-state index is 0.290. The fourth-order valence-electron chi connectivity index (χ4n) is 1.17. The zero-order chi connectivity index (χ0) is 13.8. The van der Waals surface area contributed by atoms with Crippen LogP contribution in [0.25, 0.3) is 0 Å². The minimum atomic E-state index is -3.50. The molecule has 3 N–H and O–H groups in total. The summed E-state index contributed by atoms with van der Waals surface area (Å²) in [6.07, 6.45) is 0.925. The SMILES string of the molecule is CC(NS(C)(=O)=O)C(=O)N[C@H](C(=O)O)C(C)C. The van der Waals surface area contributed by atoms with E-state index >= 15 is 0 Å². The smallest absolute Gasteiger partial charge is 0.326 e. The molecular weight excluding hydrogens is 248 g/mol. The van der Waals surface area contributed by atoms with E-state index in [2.05, 4.69) is 10.0 Å². The van der Waals surface area contributed by atoms with Crippen molar-refractivity contribution >= 4 is 21.9 Å². The maximum absolute atomic E-state index is 11.5. The summed E-state index contributed by atoms with van der Waals surface area (Å²) in [5, 5.41) is 11.1. The molecule has 0 aromatic rings. The number of rotatable bonds is 6. The highest BCUT2D eigenvalue weighted by Gasteiger charge is 2.26. The van der Waals surface area contributed by atoms with Crippen LogP contribution >= 0.6 is 0 Å². The zero-order valence-corrected chi connectivity index (χ0v) is 11.0. The molecule has 0 fully saturated rings. The molecule has 0 aromatic carbocycles. The molecule has 0 rings (SSSR count). The Labute approximate surface area is 101 Å². The average Bonchev–Trinajstić information content (AvgIpc) is 2.09. The molecule has 100 valence electrons. The molecule has 0 aromatic heterocycles. The maximum atomic E-state index is 11.5. The number of carbonyl (C=O) groups excluding carboxylic acids is 1. The molecule has 0 aliphatic heterocycles. The number of carboxylic acids is 1. The average molecular weight is 266 g/mol. The minimum Gasteiger partial charge on any atom is -0.480 e. The van der Waals surface area contributed by atoms with Gasteiger partial charge in [0.15, 0.2) is 0 Å². The first-order valence-electron chi connectivity index (χ1n) is 5.05. The number of amides is 1. The maximum Gasteiger partial charge on any atom is 0.326 e. The number of nitrogens with one attached hydrogen (secondary N) is 2. The predicted molar refractivity (Wildman–Crippen MR) is 61.8 cm³/mol. The van der Waals surface area contributed by atoms with Gasteiger partial charge >= 0.3 is 5.97 Å². The van der Waals surface area contributed by atoms with Crippen LogP contribution in [-0.2, 0) is 19.6 Å². The molecule has 0 saturated heterocycles. The lowest BCUT2D eigenvalue weighted by Crippen LogP contribution is -2.51. The number of hydrogen-bond donors (Lipinski definition) is 3. The standard InChI is InChI=1S/C9H18N2O5S/c1-5(2)7(9(13)14)10-8(12)6(3)11-17(4,15)16/h5-7,11H,1-4H3,(H,10,12)(H,13,14)/t6?,7-/m0/s1. The van der Waals surface area contributed by atoms with Gasteiger partial charge in [0.1, 0.15) is 6.04 Å². The Morgan fingerprint density at radius 2 is 1.65 bits per heavy atom. The van der Waals surface area contributed by atoms with Gasteiger partial charge in [-0.05, 0) is 12.8 Å². The molecule has 0 heterocycles. The third kappa shape index (κ3) is 6.22. The van der Waals surface area contributed by atoms with E-state index in [1.807, 2.05) is 0 Å². The summed E-state index contributed by atoms with van der Waals surface area (Å²) in [4.78, 5) is 22.4. The Kier molecular flexibility index (Phi) is 5.56. The summed E-state index contributed by atoms with van der Waals surface area (Å²) in [7, 11) is -3.50. The Morgan fingerprint density at radius 1 is 1.18 bits per heavy atom. The van der Waals surface area contributed by atoms with Crippen LogP contribution in [0, 0.1) is 5.92 Å². The second kappa shape index (κ2) is 5.97. The number of aliphatic carboxylic acids is 1. The number of carboxylic acid groups (broad SMARTS) is 1. The van der Waals surface area contributed by atoms with E-state index in [1.54, 1.807) is 13.8 Å². The van der Waals surface area contributed by atoms with Crippen LogP contribution in [0.5, 0.6) is 0 Å². The number of hydrogen-bond acceptors (Lipinski definition) is 4. The van der Waals surface area contributed by atoms with Gasteiger partial charge in [0.25, 0.3) is 0 Å². The molecule has 1 amide bonds. The van der Waals surface area contributed by atoms with Crippen molar-refractivity contribution in [2.45, 2.75) is 32.9 Å². The summed E-state index contributed by atoms with van der Waals surface area (Å²) in [5.41, 5.74) is 0. The molecule has 0 saturated carbocycles. The second-order valence-electron chi connectivity index (χ2n) is 4.18. The van der Waals surface area contributed by atoms with Crippen molar-refractivity contribution in [2.75, 3.05) is 6.26 Å². The highest BCUT2D eigenvalue weighted by molar-refractivity contribution is 7.88. The summed E-state index contributed by atoms with van der Waals surface area (Å²) in [6.45, 7) is 4.64. The molecule has 8 heteroatoms. The molecule has 2 atom stereocenters. The molecule has 1 unspecified atom stereocenters. The summed E-state index contributed by atoms with van der Waals surface area (Å²) in [5.74, 6) is -2.11. The van der Waals surface area contributed by atoms with Gasteiger partial charge in [0, 0.05) is 0 Å². The van der Waals surface area contributed by atoms with E-state index < -0.39 is 34.0 Å². The van der Waals surface area contributed by atoms with E-state index in [4.69, 9.17) is 5.11 Å². The van der Waals surface area contributed by atoms with Crippen molar-refractivity contribution in [3.63, 3.8) is 0 Å². The highest BCUT2D eigenvalue weighted by Crippen LogP contribution is 2.02. The Bertz CT molecular complexity index is 390. The van der Waals surface area contributed by atoms with Crippen LogP contribution in [0.3, 0.4) is 0 Å². The Hall–Kier alpha value is -1.15. The lowest BCUT2D eigenvalue weighted by molar-refractivity contribution is -0.143. The summed E-state index contributed by atoms with van der Waals surface area (Å²) in [6, 6.07) is -2.04. The summed E-state index contributed by atoms with van der Waals surface area (Å²) < 4.78 is 23.9. The van der Waals surface area contributed by atoms with Crippen molar-refractivity contribution in [2.24, 2.45) is 5.92 Å². The van der Waals surface area contributed by atoms with Crippen molar-refractivity contribution in [3.8, 4) is 0 Å². The lowest BCUT2D eigenvalue weighted by atomic mass is 10.0. The van der Waals surface area contributed by atoms with Crippen molar-refractivity contribution in [1.82, 2.24) is 10.0 Å². The van der Waals surface area contributed by atoms with Gasteiger partial charge in [-0.2, -0.15) is 0 Å². The Balaban J connectivity index is 4.57. The van der Waals surface area contributed by atoms with E-state index in [1.165, 1.54) is 6.92 Å². The predicted octanol–water partition coefficient (Wildman–Crippen LogP) is -0.850. The third-order valence-electron chi connectivity index (χ3n) is 2.01. The van der Waals surface area contributed by atoms with Gasteiger partial charge in [0.05, 0.1) is 12.3 Å². The molecule has 0 bridgehead atoms. The monoisotopic (exact) mass is 266 g/mol. The van der Waals surface area contributed by atoms with Crippen molar-refractivity contribution in [1.29, 1.82) is 0 Å². The first kappa shape index (κ1) is 15.9. The third-order valence-corrected chi connectivity index (χ3v) is 2.80. The lowest BCUT2D eigenvalue weighted by Gasteiger charge is -2.20. The fraction of sp³-hybridized carbons (Fsp3) is 0.778. The molecule has 0 aliphatic rings. The quantitative estimate of drug-likeness (QED) is 0.579. The van der Waals surface area contributed by atoms with Gasteiger partial charge < -0.3 is 10.4 Å². The van der Waals surface area contributed by atoms with Gasteiger partial charge in [0.2, 0.25) is 15.9 Å². The van der Waals surface area contributed by atoms with Crippen LogP contribution in [-0.4, -0.2) is 43.7 Å². The molecule has 7 nitrogen and oxygen atoms in total. The molecule has 17 heavy (non-hydrogen) atoms. The van der Waals surface area contributed by atoms with E-state index in [9.17, 15) is 18.0 Å². The van der Waals surface area contributed by atoms with Crippen LogP contribution < -0.4 is 10.0 Å². The van der Waals surface area contributed by atoms with Crippen LogP contribution in [0.1, 0.15) is 20.8 Å². The van der Waals surface area contributed by atoms with Gasteiger partial charge in [-0.25, -0.2) is 17.9 Å². The van der Waals surface area contributed by atoms with Crippen LogP contribution in [0.4, 0.5) is 0 Å². The molecule has 0 aliphatic carbocycles. The number of carbonyl (C=O) groups is 2. The van der Waals surface area contributed by atoms with Gasteiger partial charge in [-0.15, -0.1) is 0 Å². The van der Waals surface area contributed by atoms with E-state index in [-0.39, 0.29) is 5.92 Å². The van der Waals surface area contributed by atoms with Crippen LogP contribution in [0.15, 0.2) is 0 Å². The summed E-state index contributed by atoms with van der Waals surface area (Å²) >= 11 is 0. The molecular formula is C9H18N2O5S. The van der Waals surface area contributed by atoms with E-state index in [0.717, 1.165) is 6.26 Å². The molecule has 0 spiro atoms. The number of sulfonamides is 1. The largest absolute Gasteiger partial charge is 0.480 e. The zero-order valence-electron chi connectivity index (χ0n) is 10.2. The highest BCUT2D eigenvalue weighted by atomic mass is 32.2. The van der Waals surface area contributed by atoms with Crippen molar-refractivity contribution < 1.29 is 23.1 Å². The second-order valence-corrected chi connectivity index (χ2v) is 5.96. The van der Waals surface area contributed by atoms with Crippen LogP contribution in [0.2, 0.25) is 0 Å². The fourth-order valence-corrected chi connectivity index (χ4v) is 1.92. The first-order valence-corrected chi connectivity index (χ1v) is 6.94. The normalized spacial score (nSPS) is 15.4. The Morgan fingerprint density at radius 3 is 1.94 bits per heavy atom.